The molecule has 0 saturated carbocycles. The highest BCUT2D eigenvalue weighted by Gasteiger charge is 2.18. The number of unbranched alkanes of at least 4 members (excludes halogenated alkanes) is 2. The van der Waals surface area contributed by atoms with E-state index >= 15 is 0 Å². The Morgan fingerprint density at radius 2 is 2.05 bits per heavy atom. The van der Waals surface area contributed by atoms with E-state index in [1.54, 1.807) is 7.11 Å². The Labute approximate surface area is 128 Å². The van der Waals surface area contributed by atoms with Crippen molar-refractivity contribution in [1.29, 1.82) is 0 Å². The second-order valence-corrected chi connectivity index (χ2v) is 6.15. The maximum atomic E-state index is 5.55. The summed E-state index contributed by atoms with van der Waals surface area (Å²) in [6.07, 6.45) is 5.02. The van der Waals surface area contributed by atoms with Crippen LogP contribution in [0.15, 0.2) is 4.42 Å². The Kier molecular flexibility index (Phi) is 8.30. The summed E-state index contributed by atoms with van der Waals surface area (Å²) in [5.74, 6) is 0.595. The number of methoxy groups -OCH3 is 1. The van der Waals surface area contributed by atoms with Crippen molar-refractivity contribution in [2.75, 3.05) is 32.1 Å². The quantitative estimate of drug-likeness (QED) is 0.578. The van der Waals surface area contributed by atoms with Crippen LogP contribution in [0.25, 0.3) is 0 Å². The van der Waals surface area contributed by atoms with Gasteiger partial charge in [-0.2, -0.15) is 0 Å². The van der Waals surface area contributed by atoms with Gasteiger partial charge in [-0.3, -0.25) is 0 Å². The SMILES string of the molecule is CCCCCC(C)(C)CNc1nnc(CNCCOC)o1. The molecule has 1 rings (SSSR count). The van der Waals surface area contributed by atoms with E-state index in [4.69, 9.17) is 9.15 Å². The summed E-state index contributed by atoms with van der Waals surface area (Å²) >= 11 is 0. The molecule has 0 spiro atoms. The minimum atomic E-state index is 0.237. The molecule has 0 bridgehead atoms. The maximum absolute atomic E-state index is 5.55. The lowest BCUT2D eigenvalue weighted by molar-refractivity contribution is 0.198. The first-order valence-corrected chi connectivity index (χ1v) is 7.83. The molecule has 0 fully saturated rings. The Bertz CT molecular complexity index is 380. The van der Waals surface area contributed by atoms with Gasteiger partial charge in [0.2, 0.25) is 5.89 Å². The van der Waals surface area contributed by atoms with Crippen LogP contribution in [-0.2, 0) is 11.3 Å². The van der Waals surface area contributed by atoms with Gasteiger partial charge in [-0.05, 0) is 11.8 Å². The van der Waals surface area contributed by atoms with Gasteiger partial charge in [0.25, 0.3) is 0 Å². The van der Waals surface area contributed by atoms with Crippen molar-refractivity contribution < 1.29 is 9.15 Å². The number of nitrogens with one attached hydrogen (secondary N) is 2. The first-order chi connectivity index (χ1) is 10.1. The summed E-state index contributed by atoms with van der Waals surface area (Å²) in [7, 11) is 1.68. The largest absolute Gasteiger partial charge is 0.407 e. The van der Waals surface area contributed by atoms with Crippen LogP contribution in [0.4, 0.5) is 6.01 Å². The zero-order valence-electron chi connectivity index (χ0n) is 13.9. The van der Waals surface area contributed by atoms with Crippen LogP contribution in [0.5, 0.6) is 0 Å². The van der Waals surface area contributed by atoms with E-state index in [0.717, 1.165) is 13.1 Å². The lowest BCUT2D eigenvalue weighted by Gasteiger charge is -2.24. The van der Waals surface area contributed by atoms with Gasteiger partial charge < -0.3 is 19.8 Å². The Balaban J connectivity index is 2.27. The zero-order valence-corrected chi connectivity index (χ0v) is 13.9. The topological polar surface area (TPSA) is 72.2 Å². The predicted molar refractivity (Wildman–Crippen MR) is 84.3 cm³/mol. The van der Waals surface area contributed by atoms with E-state index in [1.807, 2.05) is 0 Å². The molecule has 0 aliphatic heterocycles. The van der Waals surface area contributed by atoms with E-state index in [-0.39, 0.29) is 5.41 Å². The average molecular weight is 298 g/mol. The van der Waals surface area contributed by atoms with Crippen molar-refractivity contribution in [2.24, 2.45) is 5.41 Å². The summed E-state index contributed by atoms with van der Waals surface area (Å²) in [4.78, 5) is 0. The normalized spacial score (nSPS) is 11.8. The van der Waals surface area contributed by atoms with E-state index < -0.39 is 0 Å². The van der Waals surface area contributed by atoms with Crippen LogP contribution in [-0.4, -0.2) is 37.0 Å². The molecule has 1 aromatic rings. The van der Waals surface area contributed by atoms with E-state index in [2.05, 4.69) is 41.6 Å². The predicted octanol–water partition coefficient (Wildman–Crippen LogP) is 2.82. The molecule has 6 nitrogen and oxygen atoms in total. The average Bonchev–Trinajstić information content (AvgIpc) is 2.90. The Morgan fingerprint density at radius 1 is 1.24 bits per heavy atom. The third kappa shape index (κ3) is 8.02. The number of rotatable bonds is 12. The van der Waals surface area contributed by atoms with Gasteiger partial charge in [-0.25, -0.2) is 0 Å². The second kappa shape index (κ2) is 9.73. The Morgan fingerprint density at radius 3 is 2.76 bits per heavy atom. The molecule has 0 atom stereocenters. The molecule has 0 aliphatic carbocycles. The first-order valence-electron chi connectivity index (χ1n) is 7.83. The monoisotopic (exact) mass is 298 g/mol. The zero-order chi connectivity index (χ0) is 15.6. The van der Waals surface area contributed by atoms with Crippen LogP contribution in [0.2, 0.25) is 0 Å². The van der Waals surface area contributed by atoms with Crippen LogP contribution < -0.4 is 10.6 Å². The summed E-state index contributed by atoms with van der Waals surface area (Å²) in [5.41, 5.74) is 0.237. The van der Waals surface area contributed by atoms with E-state index in [0.29, 0.717) is 25.1 Å². The lowest BCUT2D eigenvalue weighted by atomic mass is 9.87. The molecule has 0 unspecified atom stereocenters. The van der Waals surface area contributed by atoms with Crippen molar-refractivity contribution in [2.45, 2.75) is 53.0 Å². The molecule has 0 saturated heterocycles. The highest BCUT2D eigenvalue weighted by atomic mass is 16.5. The fourth-order valence-corrected chi connectivity index (χ4v) is 2.02. The fourth-order valence-electron chi connectivity index (χ4n) is 2.02. The molecule has 2 N–H and O–H groups in total. The molecular weight excluding hydrogens is 268 g/mol. The molecule has 0 radical (unpaired) electrons. The van der Waals surface area contributed by atoms with Gasteiger partial charge in [0.05, 0.1) is 13.2 Å². The smallest absolute Gasteiger partial charge is 0.315 e. The highest BCUT2D eigenvalue weighted by Crippen LogP contribution is 2.24. The second-order valence-electron chi connectivity index (χ2n) is 6.15. The summed E-state index contributed by atoms with van der Waals surface area (Å²) in [5, 5.41) is 14.4. The third-order valence-electron chi connectivity index (χ3n) is 3.40. The molecule has 6 heteroatoms. The van der Waals surface area contributed by atoms with Gasteiger partial charge in [-0.1, -0.05) is 45.1 Å². The molecule has 0 aromatic carbocycles. The van der Waals surface area contributed by atoms with Gasteiger partial charge in [0.15, 0.2) is 0 Å². The molecule has 21 heavy (non-hydrogen) atoms. The third-order valence-corrected chi connectivity index (χ3v) is 3.40. The van der Waals surface area contributed by atoms with Crippen molar-refractivity contribution in [3.63, 3.8) is 0 Å². The standard InChI is InChI=1S/C15H30N4O2/c1-5-6-7-8-15(2,3)12-17-14-19-18-13(21-14)11-16-9-10-20-4/h16H,5-12H2,1-4H3,(H,17,19). The van der Waals surface area contributed by atoms with Crippen LogP contribution >= 0.6 is 0 Å². The summed E-state index contributed by atoms with van der Waals surface area (Å²) in [6.45, 7) is 9.61. The summed E-state index contributed by atoms with van der Waals surface area (Å²) in [6, 6.07) is 0.502. The van der Waals surface area contributed by atoms with Gasteiger partial charge in [0.1, 0.15) is 0 Å². The summed E-state index contributed by atoms with van der Waals surface area (Å²) < 4.78 is 10.5. The highest BCUT2D eigenvalue weighted by molar-refractivity contribution is 5.17. The Hall–Kier alpha value is -1.14. The van der Waals surface area contributed by atoms with Crippen molar-refractivity contribution in [1.82, 2.24) is 15.5 Å². The van der Waals surface area contributed by atoms with Crippen molar-refractivity contribution >= 4 is 6.01 Å². The molecular formula is C15H30N4O2. The van der Waals surface area contributed by atoms with Gasteiger partial charge in [-0.15, -0.1) is 5.10 Å². The van der Waals surface area contributed by atoms with Crippen molar-refractivity contribution in [3.8, 4) is 0 Å². The van der Waals surface area contributed by atoms with E-state index in [9.17, 15) is 0 Å². The van der Waals surface area contributed by atoms with Crippen molar-refractivity contribution in [3.05, 3.63) is 5.89 Å². The molecule has 1 aromatic heterocycles. The minimum Gasteiger partial charge on any atom is -0.407 e. The van der Waals surface area contributed by atoms with Crippen LogP contribution in [0.1, 0.15) is 52.3 Å². The molecule has 122 valence electrons. The first kappa shape index (κ1) is 17.9. The minimum absolute atomic E-state index is 0.237. The molecule has 0 aliphatic rings. The number of aromatic nitrogens is 2. The number of hydrogen-bond acceptors (Lipinski definition) is 6. The van der Waals surface area contributed by atoms with Crippen LogP contribution in [0, 0.1) is 5.41 Å². The van der Waals surface area contributed by atoms with Gasteiger partial charge in [0, 0.05) is 20.2 Å². The number of ether oxygens (including phenoxy) is 1. The molecule has 0 amide bonds. The van der Waals surface area contributed by atoms with Crippen LogP contribution in [0.3, 0.4) is 0 Å². The lowest BCUT2D eigenvalue weighted by Crippen LogP contribution is -2.23. The molecule has 1 heterocycles. The van der Waals surface area contributed by atoms with Gasteiger partial charge >= 0.3 is 6.01 Å². The number of nitrogens with zero attached hydrogens (tertiary/aromatic N) is 2. The fraction of sp³-hybridized carbons (Fsp3) is 0.867. The number of hydrogen-bond donors (Lipinski definition) is 2. The van der Waals surface area contributed by atoms with E-state index in [1.165, 1.54) is 25.7 Å². The number of anilines is 1. The maximum Gasteiger partial charge on any atom is 0.315 e.